The van der Waals surface area contributed by atoms with Crippen LogP contribution in [0.25, 0.3) is 10.9 Å². The molecule has 0 saturated carbocycles. The molecule has 2 aromatic carbocycles. The highest BCUT2D eigenvalue weighted by Crippen LogP contribution is 2.30. The maximum atomic E-state index is 10.7. The molecule has 3 rings (SSSR count). The SMILES string of the molecule is O=C(O)CCCCCC(c1ccccc1)c1ccc2ccccc2n1. The largest absolute Gasteiger partial charge is 0.481 e. The van der Waals surface area contributed by atoms with Crippen LogP contribution < -0.4 is 0 Å². The molecule has 0 aliphatic carbocycles. The van der Waals surface area contributed by atoms with Crippen LogP contribution in [-0.4, -0.2) is 16.1 Å². The predicted molar refractivity (Wildman–Crippen MR) is 101 cm³/mol. The molecule has 0 spiro atoms. The number of rotatable bonds is 8. The number of hydrogen-bond donors (Lipinski definition) is 1. The molecule has 1 heterocycles. The molecule has 3 heteroatoms. The van der Waals surface area contributed by atoms with E-state index in [0.29, 0.717) is 0 Å². The van der Waals surface area contributed by atoms with Gasteiger partial charge in [0.05, 0.1) is 5.52 Å². The molecule has 0 bridgehead atoms. The van der Waals surface area contributed by atoms with Gasteiger partial charge in [0.2, 0.25) is 0 Å². The smallest absolute Gasteiger partial charge is 0.303 e. The van der Waals surface area contributed by atoms with Crippen molar-refractivity contribution in [1.29, 1.82) is 0 Å². The van der Waals surface area contributed by atoms with Crippen molar-refractivity contribution >= 4 is 16.9 Å². The molecule has 1 aromatic heterocycles. The number of pyridine rings is 1. The normalized spacial score (nSPS) is 12.2. The predicted octanol–water partition coefficient (Wildman–Crippen LogP) is 5.40. The third-order valence-electron chi connectivity index (χ3n) is 4.56. The van der Waals surface area contributed by atoms with E-state index >= 15 is 0 Å². The van der Waals surface area contributed by atoms with Gasteiger partial charge in [0, 0.05) is 23.4 Å². The fourth-order valence-electron chi connectivity index (χ4n) is 3.25. The van der Waals surface area contributed by atoms with E-state index in [4.69, 9.17) is 10.1 Å². The first-order valence-corrected chi connectivity index (χ1v) is 8.86. The Morgan fingerprint density at radius 1 is 0.880 bits per heavy atom. The van der Waals surface area contributed by atoms with E-state index in [-0.39, 0.29) is 12.3 Å². The molecule has 0 radical (unpaired) electrons. The van der Waals surface area contributed by atoms with Crippen LogP contribution in [-0.2, 0) is 4.79 Å². The lowest BCUT2D eigenvalue weighted by molar-refractivity contribution is -0.137. The minimum absolute atomic E-state index is 0.246. The fourth-order valence-corrected chi connectivity index (χ4v) is 3.25. The molecule has 0 aliphatic rings. The molecule has 1 atom stereocenters. The van der Waals surface area contributed by atoms with Gasteiger partial charge < -0.3 is 5.11 Å². The molecule has 128 valence electrons. The molecule has 3 aromatic rings. The van der Waals surface area contributed by atoms with Crippen LogP contribution in [0.2, 0.25) is 0 Å². The van der Waals surface area contributed by atoms with Crippen molar-refractivity contribution in [3.8, 4) is 0 Å². The van der Waals surface area contributed by atoms with Gasteiger partial charge >= 0.3 is 5.97 Å². The van der Waals surface area contributed by atoms with E-state index < -0.39 is 5.97 Å². The summed E-state index contributed by atoms with van der Waals surface area (Å²) in [5, 5.41) is 9.92. The molecular weight excluding hydrogens is 310 g/mol. The number of aliphatic carboxylic acids is 1. The minimum atomic E-state index is -0.712. The molecule has 0 fully saturated rings. The van der Waals surface area contributed by atoms with Gasteiger partial charge in [-0.15, -0.1) is 0 Å². The van der Waals surface area contributed by atoms with Crippen molar-refractivity contribution in [2.45, 2.75) is 38.0 Å². The molecular formula is C22H23NO2. The standard InChI is InChI=1S/C22H23NO2/c24-22(25)14-6-2-5-12-19(17-9-3-1-4-10-17)21-16-15-18-11-7-8-13-20(18)23-21/h1,3-4,7-11,13,15-16,19H,2,5-6,12,14H2,(H,24,25). The summed E-state index contributed by atoms with van der Waals surface area (Å²) in [5.41, 5.74) is 3.37. The van der Waals surface area contributed by atoms with Gasteiger partial charge in [-0.1, -0.05) is 67.4 Å². The van der Waals surface area contributed by atoms with E-state index in [9.17, 15) is 4.79 Å². The Bertz CT molecular complexity index is 830. The highest BCUT2D eigenvalue weighted by atomic mass is 16.4. The van der Waals surface area contributed by atoms with Crippen LogP contribution in [0.3, 0.4) is 0 Å². The molecule has 1 N–H and O–H groups in total. The Balaban J connectivity index is 1.79. The number of carbonyl (C=O) groups is 1. The highest BCUT2D eigenvalue weighted by Gasteiger charge is 2.15. The number of unbranched alkanes of at least 4 members (excludes halogenated alkanes) is 2. The second-order valence-electron chi connectivity index (χ2n) is 6.39. The summed E-state index contributed by atoms with van der Waals surface area (Å²) in [4.78, 5) is 15.5. The van der Waals surface area contributed by atoms with Crippen molar-refractivity contribution in [3.05, 3.63) is 78.0 Å². The minimum Gasteiger partial charge on any atom is -0.481 e. The number of fused-ring (bicyclic) bond motifs is 1. The summed E-state index contributed by atoms with van der Waals surface area (Å²) in [6, 6.07) is 22.9. The number of carboxylic acid groups (broad SMARTS) is 1. The van der Waals surface area contributed by atoms with E-state index in [1.54, 1.807) is 0 Å². The average molecular weight is 333 g/mol. The quantitative estimate of drug-likeness (QED) is 0.561. The lowest BCUT2D eigenvalue weighted by Gasteiger charge is -2.17. The van der Waals surface area contributed by atoms with E-state index in [0.717, 1.165) is 42.3 Å². The highest BCUT2D eigenvalue weighted by molar-refractivity contribution is 5.78. The Kier molecular flexibility index (Phi) is 5.78. The number of hydrogen-bond acceptors (Lipinski definition) is 2. The van der Waals surface area contributed by atoms with Gasteiger partial charge in [0.1, 0.15) is 0 Å². The summed E-state index contributed by atoms with van der Waals surface area (Å²) in [7, 11) is 0. The zero-order valence-corrected chi connectivity index (χ0v) is 14.3. The Morgan fingerprint density at radius 3 is 2.44 bits per heavy atom. The number of benzene rings is 2. The van der Waals surface area contributed by atoms with Crippen LogP contribution in [0.1, 0.15) is 49.3 Å². The van der Waals surface area contributed by atoms with E-state index in [1.807, 2.05) is 24.3 Å². The molecule has 3 nitrogen and oxygen atoms in total. The van der Waals surface area contributed by atoms with Gasteiger partial charge in [0.25, 0.3) is 0 Å². The summed E-state index contributed by atoms with van der Waals surface area (Å²) in [5.74, 6) is -0.466. The van der Waals surface area contributed by atoms with Crippen molar-refractivity contribution in [3.63, 3.8) is 0 Å². The topological polar surface area (TPSA) is 50.2 Å². The molecule has 25 heavy (non-hydrogen) atoms. The van der Waals surface area contributed by atoms with Gasteiger partial charge in [-0.3, -0.25) is 9.78 Å². The Hall–Kier alpha value is -2.68. The van der Waals surface area contributed by atoms with Crippen LogP contribution in [0.5, 0.6) is 0 Å². The van der Waals surface area contributed by atoms with Crippen molar-refractivity contribution in [2.75, 3.05) is 0 Å². The van der Waals surface area contributed by atoms with E-state index in [2.05, 4.69) is 42.5 Å². The zero-order chi connectivity index (χ0) is 17.5. The fraction of sp³-hybridized carbons (Fsp3) is 0.273. The first-order valence-electron chi connectivity index (χ1n) is 8.86. The Labute approximate surface area is 148 Å². The monoisotopic (exact) mass is 333 g/mol. The number of nitrogens with zero attached hydrogens (tertiary/aromatic N) is 1. The second-order valence-corrected chi connectivity index (χ2v) is 6.39. The number of para-hydroxylation sites is 1. The summed E-state index contributed by atoms with van der Waals surface area (Å²) < 4.78 is 0. The van der Waals surface area contributed by atoms with Crippen molar-refractivity contribution < 1.29 is 9.90 Å². The maximum Gasteiger partial charge on any atom is 0.303 e. The van der Waals surface area contributed by atoms with E-state index in [1.165, 1.54) is 5.56 Å². The summed E-state index contributed by atoms with van der Waals surface area (Å²) in [6.07, 6.45) is 3.91. The second kappa shape index (κ2) is 8.43. The van der Waals surface area contributed by atoms with Gasteiger partial charge in [0.15, 0.2) is 0 Å². The van der Waals surface area contributed by atoms with Crippen LogP contribution in [0.4, 0.5) is 0 Å². The molecule has 0 aliphatic heterocycles. The third-order valence-corrected chi connectivity index (χ3v) is 4.56. The van der Waals surface area contributed by atoms with Crippen LogP contribution in [0.15, 0.2) is 66.7 Å². The Morgan fingerprint density at radius 2 is 1.64 bits per heavy atom. The zero-order valence-electron chi connectivity index (χ0n) is 14.3. The third kappa shape index (κ3) is 4.66. The van der Waals surface area contributed by atoms with Crippen LogP contribution >= 0.6 is 0 Å². The van der Waals surface area contributed by atoms with Crippen molar-refractivity contribution in [1.82, 2.24) is 4.98 Å². The first kappa shape index (κ1) is 17.2. The van der Waals surface area contributed by atoms with Crippen LogP contribution in [0, 0.1) is 0 Å². The lowest BCUT2D eigenvalue weighted by atomic mass is 9.89. The molecule has 0 saturated heterocycles. The lowest BCUT2D eigenvalue weighted by Crippen LogP contribution is -2.04. The van der Waals surface area contributed by atoms with Crippen molar-refractivity contribution in [2.24, 2.45) is 0 Å². The summed E-state index contributed by atoms with van der Waals surface area (Å²) in [6.45, 7) is 0. The summed E-state index contributed by atoms with van der Waals surface area (Å²) >= 11 is 0. The van der Waals surface area contributed by atoms with Gasteiger partial charge in [-0.2, -0.15) is 0 Å². The maximum absolute atomic E-state index is 10.7. The first-order chi connectivity index (χ1) is 12.2. The van der Waals surface area contributed by atoms with Gasteiger partial charge in [-0.05, 0) is 30.5 Å². The number of aromatic nitrogens is 1. The number of carboxylic acids is 1. The molecule has 0 amide bonds. The van der Waals surface area contributed by atoms with Gasteiger partial charge in [-0.25, -0.2) is 0 Å². The average Bonchev–Trinajstić information content (AvgIpc) is 2.65. The molecule has 1 unspecified atom stereocenters.